The van der Waals surface area contributed by atoms with Crippen LogP contribution in [0.4, 0.5) is 0 Å². The number of hydrogen-bond acceptors (Lipinski definition) is 2. The second-order valence-electron chi connectivity index (χ2n) is 7.09. The maximum Gasteiger partial charge on any atom is 0.00815 e. The predicted octanol–water partition coefficient (Wildman–Crippen LogP) is 3.26. The molecule has 0 bridgehead atoms. The summed E-state index contributed by atoms with van der Waals surface area (Å²) in [5, 5.41) is 0. The number of nitrogens with two attached hydrogens (primary N) is 1. The summed E-state index contributed by atoms with van der Waals surface area (Å²) in [6.45, 7) is 14.1. The van der Waals surface area contributed by atoms with Crippen LogP contribution in [0.3, 0.4) is 0 Å². The fourth-order valence-electron chi connectivity index (χ4n) is 3.11. The van der Waals surface area contributed by atoms with Crippen LogP contribution in [-0.2, 0) is 0 Å². The third-order valence-electron chi connectivity index (χ3n) is 4.32. The highest BCUT2D eigenvalue weighted by atomic mass is 15.1. The van der Waals surface area contributed by atoms with Gasteiger partial charge in [0.25, 0.3) is 0 Å². The third-order valence-corrected chi connectivity index (χ3v) is 4.32. The standard InChI is InChI=1S/C15H32N2/c1-12(16)11-13(2)17-9-6-7-14(8-10-17)15(3,4)5/h12-14H,6-11,16H2,1-5H3. The van der Waals surface area contributed by atoms with E-state index in [0.29, 0.717) is 17.5 Å². The minimum Gasteiger partial charge on any atom is -0.328 e. The van der Waals surface area contributed by atoms with Crippen molar-refractivity contribution >= 4 is 0 Å². The fourth-order valence-corrected chi connectivity index (χ4v) is 3.11. The lowest BCUT2D eigenvalue weighted by molar-refractivity contribution is 0.180. The minimum absolute atomic E-state index is 0.326. The van der Waals surface area contributed by atoms with Crippen molar-refractivity contribution in [1.82, 2.24) is 4.90 Å². The molecule has 0 aliphatic carbocycles. The molecule has 1 heterocycles. The smallest absolute Gasteiger partial charge is 0.00815 e. The summed E-state index contributed by atoms with van der Waals surface area (Å²) in [6.07, 6.45) is 5.23. The zero-order valence-corrected chi connectivity index (χ0v) is 12.5. The molecule has 0 aromatic heterocycles. The molecule has 0 aromatic rings. The van der Waals surface area contributed by atoms with Gasteiger partial charge in [-0.1, -0.05) is 20.8 Å². The Morgan fingerprint density at radius 1 is 1.18 bits per heavy atom. The fraction of sp³-hybridized carbons (Fsp3) is 1.00. The Kier molecular flexibility index (Phi) is 5.46. The van der Waals surface area contributed by atoms with Crippen LogP contribution in [0.1, 0.15) is 60.3 Å². The van der Waals surface area contributed by atoms with Gasteiger partial charge in [-0.3, -0.25) is 0 Å². The average molecular weight is 240 g/mol. The molecule has 0 saturated carbocycles. The van der Waals surface area contributed by atoms with E-state index in [1.165, 1.54) is 32.4 Å². The van der Waals surface area contributed by atoms with Gasteiger partial charge < -0.3 is 10.6 Å². The molecule has 2 nitrogen and oxygen atoms in total. The highest BCUT2D eigenvalue weighted by Gasteiger charge is 2.28. The summed E-state index contributed by atoms with van der Waals surface area (Å²) in [6, 6.07) is 0.973. The van der Waals surface area contributed by atoms with Crippen molar-refractivity contribution in [1.29, 1.82) is 0 Å². The maximum absolute atomic E-state index is 5.91. The molecule has 17 heavy (non-hydrogen) atoms. The van der Waals surface area contributed by atoms with Crippen LogP contribution >= 0.6 is 0 Å². The van der Waals surface area contributed by atoms with Crippen molar-refractivity contribution in [3.05, 3.63) is 0 Å². The first-order chi connectivity index (χ1) is 7.80. The molecule has 0 radical (unpaired) electrons. The largest absolute Gasteiger partial charge is 0.328 e. The van der Waals surface area contributed by atoms with Crippen molar-refractivity contribution in [2.75, 3.05) is 13.1 Å². The predicted molar refractivity (Wildman–Crippen MR) is 76.1 cm³/mol. The second-order valence-corrected chi connectivity index (χ2v) is 7.09. The van der Waals surface area contributed by atoms with Crippen molar-refractivity contribution in [2.24, 2.45) is 17.1 Å². The van der Waals surface area contributed by atoms with E-state index in [9.17, 15) is 0 Å². The highest BCUT2D eigenvalue weighted by molar-refractivity contribution is 4.81. The summed E-state index contributed by atoms with van der Waals surface area (Å²) in [5.41, 5.74) is 6.38. The van der Waals surface area contributed by atoms with Crippen molar-refractivity contribution in [3.8, 4) is 0 Å². The third kappa shape index (κ3) is 4.97. The molecule has 1 rings (SSSR count). The van der Waals surface area contributed by atoms with Gasteiger partial charge in [0.15, 0.2) is 0 Å². The Morgan fingerprint density at radius 2 is 1.82 bits per heavy atom. The van der Waals surface area contributed by atoms with Gasteiger partial charge in [0.05, 0.1) is 0 Å². The quantitative estimate of drug-likeness (QED) is 0.820. The zero-order chi connectivity index (χ0) is 13.1. The van der Waals surface area contributed by atoms with Crippen molar-refractivity contribution in [3.63, 3.8) is 0 Å². The molecule has 1 saturated heterocycles. The number of likely N-dealkylation sites (tertiary alicyclic amines) is 1. The molecule has 2 N–H and O–H groups in total. The molecule has 3 unspecified atom stereocenters. The SMILES string of the molecule is CC(N)CC(C)N1CCCC(C(C)(C)C)CC1. The van der Waals surface area contributed by atoms with Gasteiger partial charge in [0.2, 0.25) is 0 Å². The van der Waals surface area contributed by atoms with E-state index < -0.39 is 0 Å². The van der Waals surface area contributed by atoms with E-state index >= 15 is 0 Å². The van der Waals surface area contributed by atoms with Gasteiger partial charge in [0, 0.05) is 12.1 Å². The number of rotatable bonds is 3. The van der Waals surface area contributed by atoms with E-state index in [0.717, 1.165) is 12.3 Å². The lowest BCUT2D eigenvalue weighted by atomic mass is 9.77. The first-order valence-corrected chi connectivity index (χ1v) is 7.30. The van der Waals surface area contributed by atoms with E-state index in [2.05, 4.69) is 39.5 Å². The maximum atomic E-state index is 5.91. The van der Waals surface area contributed by atoms with Crippen LogP contribution in [-0.4, -0.2) is 30.1 Å². The Morgan fingerprint density at radius 3 is 2.35 bits per heavy atom. The van der Waals surface area contributed by atoms with Gasteiger partial charge in [0.1, 0.15) is 0 Å². The Bertz CT molecular complexity index is 217. The molecule has 102 valence electrons. The minimum atomic E-state index is 0.326. The highest BCUT2D eigenvalue weighted by Crippen LogP contribution is 2.34. The molecular weight excluding hydrogens is 208 g/mol. The van der Waals surface area contributed by atoms with Crippen molar-refractivity contribution < 1.29 is 0 Å². The lowest BCUT2D eigenvalue weighted by Crippen LogP contribution is -2.37. The topological polar surface area (TPSA) is 29.3 Å². The molecule has 1 aliphatic heterocycles. The van der Waals surface area contributed by atoms with E-state index in [1.54, 1.807) is 0 Å². The summed E-state index contributed by atoms with van der Waals surface area (Å²) < 4.78 is 0. The summed E-state index contributed by atoms with van der Waals surface area (Å²) >= 11 is 0. The normalized spacial score (nSPS) is 27.5. The van der Waals surface area contributed by atoms with Gasteiger partial charge in [-0.2, -0.15) is 0 Å². The second kappa shape index (κ2) is 6.19. The van der Waals surface area contributed by atoms with Crippen LogP contribution in [0.25, 0.3) is 0 Å². The number of hydrogen-bond donors (Lipinski definition) is 1. The van der Waals surface area contributed by atoms with Gasteiger partial charge in [-0.25, -0.2) is 0 Å². The molecule has 0 amide bonds. The Balaban J connectivity index is 2.47. The molecular formula is C15H32N2. The van der Waals surface area contributed by atoms with Crippen LogP contribution in [0, 0.1) is 11.3 Å². The summed E-state index contributed by atoms with van der Waals surface area (Å²) in [5.74, 6) is 0.884. The van der Waals surface area contributed by atoms with Gasteiger partial charge in [-0.15, -0.1) is 0 Å². The molecule has 0 aromatic carbocycles. The number of nitrogens with zero attached hydrogens (tertiary/aromatic N) is 1. The molecule has 2 heteroatoms. The van der Waals surface area contributed by atoms with E-state index in [4.69, 9.17) is 5.73 Å². The first-order valence-electron chi connectivity index (χ1n) is 7.30. The van der Waals surface area contributed by atoms with Crippen LogP contribution < -0.4 is 5.73 Å². The summed E-state index contributed by atoms with van der Waals surface area (Å²) in [7, 11) is 0. The average Bonchev–Trinajstić information content (AvgIpc) is 2.40. The van der Waals surface area contributed by atoms with Crippen LogP contribution in [0.15, 0.2) is 0 Å². The lowest BCUT2D eigenvalue weighted by Gasteiger charge is -2.31. The first kappa shape index (κ1) is 15.0. The van der Waals surface area contributed by atoms with Gasteiger partial charge >= 0.3 is 0 Å². The van der Waals surface area contributed by atoms with Crippen LogP contribution in [0.5, 0.6) is 0 Å². The Hall–Kier alpha value is -0.0800. The Labute approximate surface area is 108 Å². The van der Waals surface area contributed by atoms with Gasteiger partial charge in [-0.05, 0) is 64.0 Å². The zero-order valence-electron chi connectivity index (χ0n) is 12.5. The summed E-state index contributed by atoms with van der Waals surface area (Å²) in [4.78, 5) is 2.65. The monoisotopic (exact) mass is 240 g/mol. The van der Waals surface area contributed by atoms with E-state index in [-0.39, 0.29) is 0 Å². The van der Waals surface area contributed by atoms with Crippen molar-refractivity contribution in [2.45, 2.75) is 72.4 Å². The molecule has 0 spiro atoms. The molecule has 1 aliphatic rings. The molecule has 1 fully saturated rings. The van der Waals surface area contributed by atoms with E-state index in [1.807, 2.05) is 0 Å². The van der Waals surface area contributed by atoms with Crippen LogP contribution in [0.2, 0.25) is 0 Å². The molecule has 3 atom stereocenters.